The van der Waals surface area contributed by atoms with E-state index < -0.39 is 31.8 Å². The third kappa shape index (κ3) is 7.73. The van der Waals surface area contributed by atoms with E-state index in [0.717, 1.165) is 16.7 Å². The standard InChI is InChI=1S/C32H38N4O7S2/c1-34-44(38,39)31-8-3-2-7-30(31)42-23-28(37)21-35-27-20-32(43-22-27)14-17-36(18-15-32)45(40,41)29-6-4-5-26(19-29)25-11-9-24(10-12-25)13-16-33/h2-12,19,27-28,34-35,37H,13-15,17-18,20-23H2,1H3/t27?,28-/m0/s1. The van der Waals surface area contributed by atoms with Crippen LogP contribution < -0.4 is 14.8 Å². The number of hydrogen-bond acceptors (Lipinski definition) is 9. The monoisotopic (exact) mass is 654 g/mol. The van der Waals surface area contributed by atoms with Gasteiger partial charge in [0.25, 0.3) is 0 Å². The van der Waals surface area contributed by atoms with Crippen LogP contribution in [-0.4, -0.2) is 83.9 Å². The summed E-state index contributed by atoms with van der Waals surface area (Å²) in [5.74, 6) is 0.160. The van der Waals surface area contributed by atoms with E-state index in [4.69, 9.17) is 14.7 Å². The van der Waals surface area contributed by atoms with Crippen molar-refractivity contribution in [1.29, 1.82) is 5.26 Å². The second-order valence-electron chi connectivity index (χ2n) is 11.4. The summed E-state index contributed by atoms with van der Waals surface area (Å²) in [6, 6.07) is 22.8. The van der Waals surface area contributed by atoms with Crippen molar-refractivity contribution in [3.05, 3.63) is 78.4 Å². The van der Waals surface area contributed by atoms with Crippen molar-refractivity contribution in [3.63, 3.8) is 0 Å². The van der Waals surface area contributed by atoms with Crippen molar-refractivity contribution >= 4 is 20.0 Å². The maximum absolute atomic E-state index is 13.6. The summed E-state index contributed by atoms with van der Waals surface area (Å²) in [5.41, 5.74) is 2.15. The summed E-state index contributed by atoms with van der Waals surface area (Å²) >= 11 is 0. The van der Waals surface area contributed by atoms with Crippen LogP contribution in [0.25, 0.3) is 11.1 Å². The number of benzene rings is 3. The zero-order valence-corrected chi connectivity index (χ0v) is 26.7. The quantitative estimate of drug-likeness (QED) is 0.267. The molecule has 11 nitrogen and oxygen atoms in total. The lowest BCUT2D eigenvalue weighted by Gasteiger charge is -2.38. The highest BCUT2D eigenvalue weighted by Crippen LogP contribution is 2.37. The van der Waals surface area contributed by atoms with Crippen LogP contribution in [0.2, 0.25) is 0 Å². The number of nitrogens with one attached hydrogen (secondary N) is 2. The van der Waals surface area contributed by atoms with Gasteiger partial charge in [-0.15, -0.1) is 0 Å². The largest absolute Gasteiger partial charge is 0.489 e. The number of nitrogens with zero attached hydrogens (tertiary/aromatic N) is 2. The lowest BCUT2D eigenvalue weighted by molar-refractivity contribution is -0.0312. The molecule has 2 aliphatic heterocycles. The Morgan fingerprint density at radius 3 is 2.49 bits per heavy atom. The van der Waals surface area contributed by atoms with Crippen molar-refractivity contribution in [3.8, 4) is 22.9 Å². The molecule has 2 heterocycles. The van der Waals surface area contributed by atoms with Crippen LogP contribution in [0.5, 0.6) is 5.75 Å². The number of piperidine rings is 1. The minimum Gasteiger partial charge on any atom is -0.489 e. The number of hydrogen-bond donors (Lipinski definition) is 3. The molecule has 0 aromatic heterocycles. The molecule has 3 aromatic rings. The number of nitriles is 1. The van der Waals surface area contributed by atoms with E-state index in [2.05, 4.69) is 16.1 Å². The van der Waals surface area contributed by atoms with E-state index in [1.807, 2.05) is 30.3 Å². The topological polar surface area (TPSA) is 158 Å². The van der Waals surface area contributed by atoms with Crippen LogP contribution in [0.1, 0.15) is 24.8 Å². The van der Waals surface area contributed by atoms with E-state index in [0.29, 0.717) is 45.4 Å². The first kappa shape index (κ1) is 33.0. The Morgan fingerprint density at radius 2 is 1.78 bits per heavy atom. The Bertz CT molecular complexity index is 1730. The van der Waals surface area contributed by atoms with Crippen LogP contribution in [0, 0.1) is 11.3 Å². The van der Waals surface area contributed by atoms with E-state index in [1.165, 1.54) is 17.4 Å². The molecule has 13 heteroatoms. The first-order valence-electron chi connectivity index (χ1n) is 14.8. The lowest BCUT2D eigenvalue weighted by atomic mass is 9.88. The third-order valence-corrected chi connectivity index (χ3v) is 11.7. The number of sulfonamides is 2. The predicted octanol–water partition coefficient (Wildman–Crippen LogP) is 2.67. The van der Waals surface area contributed by atoms with Gasteiger partial charge in [0, 0.05) is 25.7 Å². The smallest absolute Gasteiger partial charge is 0.243 e. The van der Waals surface area contributed by atoms with Gasteiger partial charge in [-0.3, -0.25) is 0 Å². The average molecular weight is 655 g/mol. The highest BCUT2D eigenvalue weighted by atomic mass is 32.2. The number of aliphatic hydroxyl groups is 1. The molecule has 0 bridgehead atoms. The van der Waals surface area contributed by atoms with Gasteiger partial charge in [0.2, 0.25) is 20.0 Å². The summed E-state index contributed by atoms with van der Waals surface area (Å²) in [6.07, 6.45) is 1.25. The molecule has 240 valence electrons. The normalized spacial score (nSPS) is 19.3. The summed E-state index contributed by atoms with van der Waals surface area (Å²) in [4.78, 5) is 0.244. The van der Waals surface area contributed by atoms with Gasteiger partial charge in [0.1, 0.15) is 23.4 Å². The van der Waals surface area contributed by atoms with Gasteiger partial charge in [0.15, 0.2) is 0 Å². The Labute approximate surface area is 264 Å². The average Bonchev–Trinajstić information content (AvgIpc) is 3.45. The molecule has 45 heavy (non-hydrogen) atoms. The third-order valence-electron chi connectivity index (χ3n) is 8.37. The Morgan fingerprint density at radius 1 is 1.04 bits per heavy atom. The van der Waals surface area contributed by atoms with Gasteiger partial charge in [-0.2, -0.15) is 9.57 Å². The predicted molar refractivity (Wildman–Crippen MR) is 168 cm³/mol. The summed E-state index contributed by atoms with van der Waals surface area (Å²) in [7, 11) is -6.08. The Balaban J connectivity index is 1.12. The van der Waals surface area contributed by atoms with Crippen molar-refractivity contribution in [1.82, 2.24) is 14.3 Å². The zero-order valence-electron chi connectivity index (χ0n) is 25.1. The minimum absolute atomic E-state index is 0.00223. The van der Waals surface area contributed by atoms with Crippen LogP contribution in [0.15, 0.2) is 82.6 Å². The molecule has 0 amide bonds. The molecule has 3 aromatic carbocycles. The molecule has 2 fully saturated rings. The first-order chi connectivity index (χ1) is 21.5. The maximum Gasteiger partial charge on any atom is 0.243 e. The molecule has 0 radical (unpaired) electrons. The number of rotatable bonds is 12. The van der Waals surface area contributed by atoms with Gasteiger partial charge in [-0.1, -0.05) is 48.5 Å². The van der Waals surface area contributed by atoms with E-state index >= 15 is 0 Å². The molecule has 2 aliphatic rings. The number of ether oxygens (including phenoxy) is 2. The van der Waals surface area contributed by atoms with Gasteiger partial charge >= 0.3 is 0 Å². The van der Waals surface area contributed by atoms with Gasteiger partial charge in [0.05, 0.1) is 29.6 Å². The first-order valence-corrected chi connectivity index (χ1v) is 17.7. The maximum atomic E-state index is 13.6. The lowest BCUT2D eigenvalue weighted by Crippen LogP contribution is -2.47. The van der Waals surface area contributed by atoms with Crippen LogP contribution in [-0.2, 0) is 31.2 Å². The van der Waals surface area contributed by atoms with E-state index in [9.17, 15) is 21.9 Å². The number of para-hydroxylation sites is 1. The van der Waals surface area contributed by atoms with E-state index in [-0.39, 0.29) is 34.7 Å². The molecule has 2 saturated heterocycles. The summed E-state index contributed by atoms with van der Waals surface area (Å²) in [5, 5.41) is 22.7. The van der Waals surface area contributed by atoms with Gasteiger partial charge in [-0.25, -0.2) is 21.6 Å². The van der Waals surface area contributed by atoms with Crippen molar-refractivity contribution in [2.45, 2.75) is 53.2 Å². The second-order valence-corrected chi connectivity index (χ2v) is 15.2. The molecule has 2 atom stereocenters. The fourth-order valence-electron chi connectivity index (χ4n) is 5.80. The fourth-order valence-corrected chi connectivity index (χ4v) is 8.16. The highest BCUT2D eigenvalue weighted by molar-refractivity contribution is 7.89. The molecular formula is C32H38N4O7S2. The zero-order chi connectivity index (χ0) is 32.1. The summed E-state index contributed by atoms with van der Waals surface area (Å²) < 4.78 is 67.2. The van der Waals surface area contributed by atoms with Crippen molar-refractivity contribution in [2.24, 2.45) is 0 Å². The van der Waals surface area contributed by atoms with Crippen LogP contribution in [0.4, 0.5) is 0 Å². The Kier molecular flexibility index (Phi) is 10.2. The molecule has 5 rings (SSSR count). The minimum atomic E-state index is -3.70. The molecule has 0 saturated carbocycles. The van der Waals surface area contributed by atoms with Gasteiger partial charge < -0.3 is 19.9 Å². The van der Waals surface area contributed by atoms with E-state index in [1.54, 1.807) is 36.4 Å². The fraction of sp³-hybridized carbons (Fsp3) is 0.406. The Hall–Kier alpha value is -3.35. The van der Waals surface area contributed by atoms with Crippen LogP contribution >= 0.6 is 0 Å². The number of aliphatic hydroxyl groups excluding tert-OH is 1. The second kappa shape index (κ2) is 14.0. The summed E-state index contributed by atoms with van der Waals surface area (Å²) in [6.45, 7) is 1.26. The molecular weight excluding hydrogens is 617 g/mol. The molecule has 3 N–H and O–H groups in total. The molecule has 0 aliphatic carbocycles. The molecule has 1 unspecified atom stereocenters. The van der Waals surface area contributed by atoms with Crippen molar-refractivity contribution in [2.75, 3.05) is 39.9 Å². The van der Waals surface area contributed by atoms with Gasteiger partial charge in [-0.05, 0) is 67.3 Å². The van der Waals surface area contributed by atoms with Crippen molar-refractivity contribution < 1.29 is 31.4 Å². The molecule has 1 spiro atoms. The highest BCUT2D eigenvalue weighted by Gasteiger charge is 2.44. The van der Waals surface area contributed by atoms with Crippen LogP contribution in [0.3, 0.4) is 0 Å². The SMILES string of the molecule is CNS(=O)(=O)c1ccccc1OC[C@@H](O)CNC1COC2(CCN(S(=O)(=O)c3cccc(-c4ccc(CC#N)cc4)c3)CC2)C1.